The van der Waals surface area contributed by atoms with Gasteiger partial charge in [0.05, 0.1) is 27.7 Å². The molecule has 2 aromatic rings. The maximum atomic E-state index is 12.2. The largest absolute Gasteiger partial charge is 0.321 e. The van der Waals surface area contributed by atoms with Crippen molar-refractivity contribution in [1.29, 1.82) is 0 Å². The Morgan fingerprint density at radius 3 is 3.19 bits per heavy atom. The van der Waals surface area contributed by atoms with E-state index in [0.29, 0.717) is 10.6 Å². The van der Waals surface area contributed by atoms with Crippen molar-refractivity contribution in [3.05, 3.63) is 40.2 Å². The molecule has 2 aliphatic rings. The molecule has 6 heteroatoms. The summed E-state index contributed by atoms with van der Waals surface area (Å²) in [7, 11) is 0. The SMILES string of the molecule is Cc1nc2n(c1C=C1C(=O)Nc3cccc(Cl)c31)CCS2. The van der Waals surface area contributed by atoms with Gasteiger partial charge in [0.1, 0.15) is 0 Å². The quantitative estimate of drug-likeness (QED) is 0.820. The molecular formula is C15H12ClN3OS. The van der Waals surface area contributed by atoms with Gasteiger partial charge in [0.25, 0.3) is 5.91 Å². The van der Waals surface area contributed by atoms with Crippen molar-refractivity contribution in [2.24, 2.45) is 0 Å². The molecule has 106 valence electrons. The predicted molar refractivity (Wildman–Crippen MR) is 85.6 cm³/mol. The van der Waals surface area contributed by atoms with E-state index in [0.717, 1.165) is 40.1 Å². The van der Waals surface area contributed by atoms with Crippen LogP contribution in [0.15, 0.2) is 23.4 Å². The number of hydrogen-bond donors (Lipinski definition) is 1. The molecule has 0 saturated heterocycles. The topological polar surface area (TPSA) is 46.9 Å². The third kappa shape index (κ3) is 1.92. The molecule has 21 heavy (non-hydrogen) atoms. The number of carbonyl (C=O) groups is 1. The van der Waals surface area contributed by atoms with Gasteiger partial charge in [-0.2, -0.15) is 0 Å². The standard InChI is InChI=1S/C15H12ClN3OS/c1-8-12(19-5-6-21-15(19)17-8)7-9-13-10(16)3-2-4-11(13)18-14(9)20/h2-4,7H,5-6H2,1H3,(H,18,20). The lowest BCUT2D eigenvalue weighted by molar-refractivity contribution is -0.110. The van der Waals surface area contributed by atoms with Crippen LogP contribution in [0.25, 0.3) is 11.6 Å². The van der Waals surface area contributed by atoms with Gasteiger partial charge < -0.3 is 9.88 Å². The predicted octanol–water partition coefficient (Wildman–Crippen LogP) is 3.44. The zero-order chi connectivity index (χ0) is 14.6. The third-order valence-corrected chi connectivity index (χ3v) is 5.03. The molecule has 0 unspecified atom stereocenters. The molecule has 0 bridgehead atoms. The van der Waals surface area contributed by atoms with Crippen LogP contribution in [0.3, 0.4) is 0 Å². The van der Waals surface area contributed by atoms with Crippen LogP contribution in [-0.4, -0.2) is 21.2 Å². The average Bonchev–Trinajstić information content (AvgIpc) is 3.07. The summed E-state index contributed by atoms with van der Waals surface area (Å²) >= 11 is 8.01. The summed E-state index contributed by atoms with van der Waals surface area (Å²) in [6.07, 6.45) is 1.91. The van der Waals surface area contributed by atoms with Gasteiger partial charge in [0, 0.05) is 17.9 Å². The van der Waals surface area contributed by atoms with Crippen LogP contribution in [0.4, 0.5) is 5.69 Å². The molecule has 1 aromatic carbocycles. The van der Waals surface area contributed by atoms with Gasteiger partial charge in [0.15, 0.2) is 5.16 Å². The Hall–Kier alpha value is -1.72. The van der Waals surface area contributed by atoms with Crippen LogP contribution >= 0.6 is 23.4 Å². The first-order valence-electron chi connectivity index (χ1n) is 6.67. The molecule has 1 aromatic heterocycles. The molecule has 0 saturated carbocycles. The van der Waals surface area contributed by atoms with Crippen molar-refractivity contribution >= 4 is 46.6 Å². The zero-order valence-electron chi connectivity index (χ0n) is 11.3. The van der Waals surface area contributed by atoms with Crippen molar-refractivity contribution in [2.75, 3.05) is 11.1 Å². The van der Waals surface area contributed by atoms with E-state index in [2.05, 4.69) is 14.9 Å². The lowest BCUT2D eigenvalue weighted by Crippen LogP contribution is -2.05. The fraction of sp³-hybridized carbons (Fsp3) is 0.200. The highest BCUT2D eigenvalue weighted by Crippen LogP contribution is 2.39. The highest BCUT2D eigenvalue weighted by Gasteiger charge is 2.28. The van der Waals surface area contributed by atoms with E-state index in [1.165, 1.54) is 0 Å². The number of hydrogen-bond acceptors (Lipinski definition) is 3. The molecule has 0 spiro atoms. The highest BCUT2D eigenvalue weighted by molar-refractivity contribution is 7.99. The van der Waals surface area contributed by atoms with E-state index in [4.69, 9.17) is 11.6 Å². The number of nitrogens with one attached hydrogen (secondary N) is 1. The molecule has 0 radical (unpaired) electrons. The van der Waals surface area contributed by atoms with Gasteiger partial charge in [-0.25, -0.2) is 4.98 Å². The second-order valence-electron chi connectivity index (χ2n) is 5.04. The smallest absolute Gasteiger partial charge is 0.256 e. The summed E-state index contributed by atoms with van der Waals surface area (Å²) in [5, 5.41) is 4.47. The van der Waals surface area contributed by atoms with E-state index in [1.54, 1.807) is 17.8 Å². The van der Waals surface area contributed by atoms with Crippen LogP contribution in [0, 0.1) is 6.92 Å². The number of benzene rings is 1. The van der Waals surface area contributed by atoms with E-state index in [-0.39, 0.29) is 5.91 Å². The van der Waals surface area contributed by atoms with Crippen molar-refractivity contribution < 1.29 is 4.79 Å². The van der Waals surface area contributed by atoms with Crippen LogP contribution < -0.4 is 5.32 Å². The first-order valence-corrected chi connectivity index (χ1v) is 8.03. The van der Waals surface area contributed by atoms with Gasteiger partial charge in [-0.05, 0) is 25.1 Å². The van der Waals surface area contributed by atoms with Gasteiger partial charge >= 0.3 is 0 Å². The van der Waals surface area contributed by atoms with Gasteiger partial charge in [-0.3, -0.25) is 4.79 Å². The van der Waals surface area contributed by atoms with Gasteiger partial charge in [-0.1, -0.05) is 29.4 Å². The minimum absolute atomic E-state index is 0.112. The molecule has 0 atom stereocenters. The molecule has 0 aliphatic carbocycles. The molecule has 0 fully saturated rings. The molecule has 3 heterocycles. The van der Waals surface area contributed by atoms with Crippen LogP contribution in [0.2, 0.25) is 5.02 Å². The second-order valence-corrected chi connectivity index (χ2v) is 6.51. The number of aromatic nitrogens is 2. The monoisotopic (exact) mass is 317 g/mol. The van der Waals surface area contributed by atoms with E-state index in [9.17, 15) is 4.79 Å². The third-order valence-electron chi connectivity index (χ3n) is 3.76. The Balaban J connectivity index is 1.90. The highest BCUT2D eigenvalue weighted by atomic mass is 35.5. The molecule has 4 nitrogen and oxygen atoms in total. The Morgan fingerprint density at radius 1 is 1.48 bits per heavy atom. The van der Waals surface area contributed by atoms with Gasteiger partial charge in [-0.15, -0.1) is 0 Å². The fourth-order valence-corrected chi connectivity index (χ4v) is 4.06. The number of imidazole rings is 1. The normalized spacial score (nSPS) is 18.0. The molecule has 4 rings (SSSR count). The summed E-state index contributed by atoms with van der Waals surface area (Å²) in [6, 6.07) is 5.50. The summed E-state index contributed by atoms with van der Waals surface area (Å²) in [6.45, 7) is 2.90. The number of thioether (sulfide) groups is 1. The first kappa shape index (κ1) is 13.0. The van der Waals surface area contributed by atoms with E-state index in [1.807, 2.05) is 25.1 Å². The van der Waals surface area contributed by atoms with Crippen molar-refractivity contribution in [3.8, 4) is 0 Å². The number of aryl methyl sites for hydroxylation is 1. The number of fused-ring (bicyclic) bond motifs is 2. The summed E-state index contributed by atoms with van der Waals surface area (Å²) in [5.41, 5.74) is 4.10. The number of anilines is 1. The summed E-state index contributed by atoms with van der Waals surface area (Å²) in [5.74, 6) is 0.918. The molecule has 2 aliphatic heterocycles. The summed E-state index contributed by atoms with van der Waals surface area (Å²) in [4.78, 5) is 16.8. The maximum absolute atomic E-state index is 12.2. The molecule has 1 N–H and O–H groups in total. The number of rotatable bonds is 1. The lowest BCUT2D eigenvalue weighted by atomic mass is 10.1. The fourth-order valence-electron chi connectivity index (χ4n) is 2.78. The minimum atomic E-state index is -0.112. The van der Waals surface area contributed by atoms with Crippen LogP contribution in [-0.2, 0) is 11.3 Å². The molecule has 1 amide bonds. The first-order chi connectivity index (χ1) is 10.1. The molecular weight excluding hydrogens is 306 g/mol. The zero-order valence-corrected chi connectivity index (χ0v) is 12.9. The van der Waals surface area contributed by atoms with E-state index < -0.39 is 0 Å². The number of nitrogens with zero attached hydrogens (tertiary/aromatic N) is 2. The average molecular weight is 318 g/mol. The van der Waals surface area contributed by atoms with Crippen molar-refractivity contribution in [3.63, 3.8) is 0 Å². The maximum Gasteiger partial charge on any atom is 0.256 e. The van der Waals surface area contributed by atoms with Gasteiger partial charge in [0.2, 0.25) is 0 Å². The van der Waals surface area contributed by atoms with Crippen LogP contribution in [0.1, 0.15) is 17.0 Å². The summed E-state index contributed by atoms with van der Waals surface area (Å²) < 4.78 is 2.16. The van der Waals surface area contributed by atoms with Crippen LogP contribution in [0.5, 0.6) is 0 Å². The second kappa shape index (κ2) is 4.64. The Kier molecular flexibility index (Phi) is 2.87. The van der Waals surface area contributed by atoms with Crippen molar-refractivity contribution in [2.45, 2.75) is 18.6 Å². The Morgan fingerprint density at radius 2 is 2.33 bits per heavy atom. The number of carbonyl (C=O) groups excluding carboxylic acids is 1. The minimum Gasteiger partial charge on any atom is -0.321 e. The number of halogens is 1. The lowest BCUT2D eigenvalue weighted by Gasteiger charge is -2.04. The Labute approximate surface area is 131 Å². The van der Waals surface area contributed by atoms with E-state index >= 15 is 0 Å². The Bertz CT molecular complexity index is 809. The number of amides is 1. The van der Waals surface area contributed by atoms with Crippen molar-refractivity contribution in [1.82, 2.24) is 9.55 Å².